The topological polar surface area (TPSA) is 69.1 Å². The van der Waals surface area contributed by atoms with E-state index >= 15 is 0 Å². The van der Waals surface area contributed by atoms with Gasteiger partial charge in [-0.15, -0.1) is 0 Å². The van der Waals surface area contributed by atoms with Gasteiger partial charge in [-0.3, -0.25) is 4.79 Å². The fourth-order valence-electron chi connectivity index (χ4n) is 1.21. The molecule has 1 aromatic heterocycles. The van der Waals surface area contributed by atoms with Crippen molar-refractivity contribution in [1.82, 2.24) is 4.98 Å². The Morgan fingerprint density at radius 3 is 3.15 bits per heavy atom. The van der Waals surface area contributed by atoms with Crippen LogP contribution in [-0.4, -0.2) is 10.9 Å². The highest BCUT2D eigenvalue weighted by molar-refractivity contribution is 5.79. The van der Waals surface area contributed by atoms with Crippen molar-refractivity contribution in [3.8, 4) is 0 Å². The van der Waals surface area contributed by atoms with Gasteiger partial charge in [-0.1, -0.05) is 6.07 Å². The molecular formula is C9H8N2O2. The van der Waals surface area contributed by atoms with Crippen molar-refractivity contribution in [3.63, 3.8) is 0 Å². The summed E-state index contributed by atoms with van der Waals surface area (Å²) in [6.45, 7) is 0. The zero-order valence-electron chi connectivity index (χ0n) is 6.86. The molecule has 2 rings (SSSR count). The normalized spacial score (nSPS) is 10.5. The van der Waals surface area contributed by atoms with Crippen LogP contribution in [0.5, 0.6) is 0 Å². The summed E-state index contributed by atoms with van der Waals surface area (Å²) in [5.41, 5.74) is 7.37. The summed E-state index contributed by atoms with van der Waals surface area (Å²) >= 11 is 0. The average Bonchev–Trinajstić information content (AvgIpc) is 2.49. The zero-order valence-corrected chi connectivity index (χ0v) is 6.86. The summed E-state index contributed by atoms with van der Waals surface area (Å²) in [4.78, 5) is 14.6. The lowest BCUT2D eigenvalue weighted by atomic mass is 10.1. The molecule has 0 radical (unpaired) electrons. The number of carbonyl (C=O) groups is 1. The number of fused-ring (bicyclic) bond motifs is 1. The summed E-state index contributed by atoms with van der Waals surface area (Å²) in [5, 5.41) is 0. The van der Waals surface area contributed by atoms with Crippen molar-refractivity contribution < 1.29 is 9.21 Å². The molecule has 1 heterocycles. The van der Waals surface area contributed by atoms with Gasteiger partial charge >= 0.3 is 0 Å². The second kappa shape index (κ2) is 2.90. The molecule has 4 nitrogen and oxygen atoms in total. The van der Waals surface area contributed by atoms with Gasteiger partial charge < -0.3 is 10.2 Å². The van der Waals surface area contributed by atoms with E-state index in [1.165, 1.54) is 6.39 Å². The zero-order chi connectivity index (χ0) is 9.26. The maximum atomic E-state index is 10.6. The van der Waals surface area contributed by atoms with Crippen molar-refractivity contribution in [1.29, 1.82) is 0 Å². The van der Waals surface area contributed by atoms with Crippen LogP contribution in [0.15, 0.2) is 29.0 Å². The predicted octanol–water partition coefficient (Wildman–Crippen LogP) is 0.856. The van der Waals surface area contributed by atoms with Crippen molar-refractivity contribution >= 4 is 17.0 Å². The SMILES string of the molecule is NC(=O)Cc1ccc2ncoc2c1. The van der Waals surface area contributed by atoms with Gasteiger partial charge in [0.2, 0.25) is 5.91 Å². The molecule has 0 aliphatic rings. The van der Waals surface area contributed by atoms with Crippen molar-refractivity contribution in [3.05, 3.63) is 30.2 Å². The summed E-state index contributed by atoms with van der Waals surface area (Å²) in [6.07, 6.45) is 1.61. The van der Waals surface area contributed by atoms with E-state index in [9.17, 15) is 4.79 Å². The van der Waals surface area contributed by atoms with Crippen LogP contribution in [0.1, 0.15) is 5.56 Å². The Morgan fingerprint density at radius 1 is 1.54 bits per heavy atom. The first-order chi connectivity index (χ1) is 6.25. The minimum Gasteiger partial charge on any atom is -0.443 e. The van der Waals surface area contributed by atoms with Crippen LogP contribution in [0.4, 0.5) is 0 Å². The lowest BCUT2D eigenvalue weighted by Crippen LogP contribution is -2.13. The first-order valence-electron chi connectivity index (χ1n) is 3.86. The number of hydrogen-bond acceptors (Lipinski definition) is 3. The minimum atomic E-state index is -0.348. The Hall–Kier alpha value is -1.84. The van der Waals surface area contributed by atoms with Gasteiger partial charge in [0.15, 0.2) is 12.0 Å². The van der Waals surface area contributed by atoms with E-state index in [1.807, 2.05) is 6.07 Å². The van der Waals surface area contributed by atoms with E-state index in [0.717, 1.165) is 11.1 Å². The molecule has 0 unspecified atom stereocenters. The quantitative estimate of drug-likeness (QED) is 0.737. The Morgan fingerprint density at radius 2 is 2.38 bits per heavy atom. The number of nitrogens with zero attached hydrogens (tertiary/aromatic N) is 1. The number of primary amides is 1. The summed E-state index contributed by atoms with van der Waals surface area (Å²) < 4.78 is 5.08. The summed E-state index contributed by atoms with van der Waals surface area (Å²) in [6, 6.07) is 5.39. The van der Waals surface area contributed by atoms with E-state index in [1.54, 1.807) is 12.1 Å². The van der Waals surface area contributed by atoms with E-state index in [0.29, 0.717) is 5.58 Å². The Kier molecular flexibility index (Phi) is 1.73. The monoisotopic (exact) mass is 176 g/mol. The molecule has 1 amide bonds. The van der Waals surface area contributed by atoms with Gasteiger partial charge in [0.25, 0.3) is 0 Å². The van der Waals surface area contributed by atoms with Gasteiger partial charge in [-0.25, -0.2) is 4.98 Å². The van der Waals surface area contributed by atoms with Crippen molar-refractivity contribution in [2.45, 2.75) is 6.42 Å². The van der Waals surface area contributed by atoms with Crippen LogP contribution in [0.2, 0.25) is 0 Å². The number of oxazole rings is 1. The number of rotatable bonds is 2. The second-order valence-corrected chi connectivity index (χ2v) is 2.80. The molecule has 0 saturated carbocycles. The predicted molar refractivity (Wildman–Crippen MR) is 46.9 cm³/mol. The maximum Gasteiger partial charge on any atom is 0.221 e. The van der Waals surface area contributed by atoms with Gasteiger partial charge in [-0.05, 0) is 17.7 Å². The van der Waals surface area contributed by atoms with Crippen LogP contribution in [0.25, 0.3) is 11.1 Å². The molecule has 0 spiro atoms. The first-order valence-corrected chi connectivity index (χ1v) is 3.86. The highest BCUT2D eigenvalue weighted by Crippen LogP contribution is 2.14. The molecule has 2 N–H and O–H groups in total. The van der Waals surface area contributed by atoms with Gasteiger partial charge in [0.1, 0.15) is 5.52 Å². The van der Waals surface area contributed by atoms with Crippen LogP contribution in [0.3, 0.4) is 0 Å². The molecule has 0 atom stereocenters. The van der Waals surface area contributed by atoms with E-state index in [2.05, 4.69) is 4.98 Å². The van der Waals surface area contributed by atoms with E-state index < -0.39 is 0 Å². The molecule has 66 valence electrons. The largest absolute Gasteiger partial charge is 0.443 e. The third-order valence-electron chi connectivity index (χ3n) is 1.77. The molecule has 0 aliphatic carbocycles. The van der Waals surface area contributed by atoms with Gasteiger partial charge in [-0.2, -0.15) is 0 Å². The number of carbonyl (C=O) groups excluding carboxylic acids is 1. The standard InChI is InChI=1S/C9H8N2O2/c10-9(12)4-6-1-2-7-8(3-6)13-5-11-7/h1-3,5H,4H2,(H2,10,12). The Balaban J connectivity index is 2.42. The minimum absolute atomic E-state index is 0.233. The third kappa shape index (κ3) is 1.51. The van der Waals surface area contributed by atoms with Crippen LogP contribution >= 0.6 is 0 Å². The van der Waals surface area contributed by atoms with Gasteiger partial charge in [0.05, 0.1) is 6.42 Å². The highest BCUT2D eigenvalue weighted by Gasteiger charge is 2.02. The summed E-state index contributed by atoms with van der Waals surface area (Å²) in [5.74, 6) is -0.348. The third-order valence-corrected chi connectivity index (χ3v) is 1.77. The lowest BCUT2D eigenvalue weighted by Gasteiger charge is -1.95. The average molecular weight is 176 g/mol. The van der Waals surface area contributed by atoms with Crippen LogP contribution in [0, 0.1) is 0 Å². The molecule has 0 bridgehead atoms. The molecule has 0 saturated heterocycles. The van der Waals surface area contributed by atoms with Crippen molar-refractivity contribution in [2.75, 3.05) is 0 Å². The van der Waals surface area contributed by atoms with E-state index in [-0.39, 0.29) is 12.3 Å². The van der Waals surface area contributed by atoms with Crippen LogP contribution in [-0.2, 0) is 11.2 Å². The molecule has 0 aliphatic heterocycles. The molecular weight excluding hydrogens is 168 g/mol. The molecule has 1 aromatic carbocycles. The van der Waals surface area contributed by atoms with Gasteiger partial charge in [0, 0.05) is 0 Å². The molecule has 4 heteroatoms. The maximum absolute atomic E-state index is 10.6. The van der Waals surface area contributed by atoms with E-state index in [4.69, 9.17) is 10.2 Å². The Labute approximate surface area is 74.4 Å². The Bertz CT molecular complexity index is 448. The fraction of sp³-hybridized carbons (Fsp3) is 0.111. The fourth-order valence-corrected chi connectivity index (χ4v) is 1.21. The second-order valence-electron chi connectivity index (χ2n) is 2.80. The number of benzene rings is 1. The van der Waals surface area contributed by atoms with Crippen LogP contribution < -0.4 is 5.73 Å². The number of amides is 1. The highest BCUT2D eigenvalue weighted by atomic mass is 16.3. The number of hydrogen-bond donors (Lipinski definition) is 1. The number of aromatic nitrogens is 1. The molecule has 0 fully saturated rings. The smallest absolute Gasteiger partial charge is 0.221 e. The molecule has 13 heavy (non-hydrogen) atoms. The summed E-state index contributed by atoms with van der Waals surface area (Å²) in [7, 11) is 0. The molecule has 2 aromatic rings. The lowest BCUT2D eigenvalue weighted by molar-refractivity contribution is -0.117. The van der Waals surface area contributed by atoms with Crippen molar-refractivity contribution in [2.24, 2.45) is 5.73 Å². The number of nitrogens with two attached hydrogens (primary N) is 1. The first kappa shape index (κ1) is 7.79.